The highest BCUT2D eigenvalue weighted by molar-refractivity contribution is 9.10. The average Bonchev–Trinajstić information content (AvgIpc) is 2.82. The number of halogens is 2. The first-order valence-corrected chi connectivity index (χ1v) is 9.02. The van der Waals surface area contributed by atoms with Crippen molar-refractivity contribution in [2.45, 2.75) is 44.6 Å². The van der Waals surface area contributed by atoms with Gasteiger partial charge in [0.25, 0.3) is 0 Å². The summed E-state index contributed by atoms with van der Waals surface area (Å²) in [7, 11) is 0. The van der Waals surface area contributed by atoms with Crippen LogP contribution in [-0.2, 0) is 0 Å². The lowest BCUT2D eigenvalue weighted by Gasteiger charge is -2.19. The number of nitrogen functional groups attached to an aromatic ring is 1. The van der Waals surface area contributed by atoms with Crippen LogP contribution >= 0.6 is 15.9 Å². The zero-order valence-electron chi connectivity index (χ0n) is 13.4. The molecule has 0 bridgehead atoms. The maximum absolute atomic E-state index is 14.0. The Labute approximate surface area is 149 Å². The van der Waals surface area contributed by atoms with Gasteiger partial charge in [0.05, 0.1) is 5.69 Å². The topological polar surface area (TPSA) is 75.9 Å². The third-order valence-corrected chi connectivity index (χ3v) is 4.76. The standard InChI is InChI=1S/C17H21BrFN5/c18-11-7-8-14(13(19)9-11)24-17-15(20)16(21-10-22-17)23-12-5-3-1-2-4-6-12/h7-10,12H,1-6,20H2,(H2,21,22,23,24). The summed E-state index contributed by atoms with van der Waals surface area (Å²) in [5, 5.41) is 6.37. The molecule has 0 spiro atoms. The largest absolute Gasteiger partial charge is 0.393 e. The molecule has 1 fully saturated rings. The molecular formula is C17H21BrFN5. The van der Waals surface area contributed by atoms with Crippen molar-refractivity contribution in [1.29, 1.82) is 0 Å². The van der Waals surface area contributed by atoms with Gasteiger partial charge in [0.15, 0.2) is 11.6 Å². The molecule has 1 aromatic carbocycles. The Morgan fingerprint density at radius 1 is 1.08 bits per heavy atom. The quantitative estimate of drug-likeness (QED) is 0.647. The van der Waals surface area contributed by atoms with Gasteiger partial charge in [-0.25, -0.2) is 14.4 Å². The Kier molecular flexibility index (Phi) is 5.50. The van der Waals surface area contributed by atoms with Crippen molar-refractivity contribution >= 4 is 38.9 Å². The maximum Gasteiger partial charge on any atom is 0.159 e. The molecule has 0 atom stereocenters. The molecule has 1 aliphatic rings. The van der Waals surface area contributed by atoms with Gasteiger partial charge < -0.3 is 16.4 Å². The molecule has 24 heavy (non-hydrogen) atoms. The minimum absolute atomic E-state index is 0.323. The molecule has 1 saturated carbocycles. The van der Waals surface area contributed by atoms with Crippen molar-refractivity contribution in [3.05, 3.63) is 34.8 Å². The van der Waals surface area contributed by atoms with Crippen LogP contribution in [-0.4, -0.2) is 16.0 Å². The highest BCUT2D eigenvalue weighted by Crippen LogP contribution is 2.30. The molecule has 2 aromatic rings. The van der Waals surface area contributed by atoms with Crippen LogP contribution < -0.4 is 16.4 Å². The van der Waals surface area contributed by atoms with Crippen molar-refractivity contribution < 1.29 is 4.39 Å². The monoisotopic (exact) mass is 393 g/mol. The van der Waals surface area contributed by atoms with E-state index in [-0.39, 0.29) is 5.82 Å². The first kappa shape index (κ1) is 17.0. The number of nitrogens with one attached hydrogen (secondary N) is 2. The van der Waals surface area contributed by atoms with Gasteiger partial charge in [-0.05, 0) is 31.0 Å². The van der Waals surface area contributed by atoms with Crippen LogP contribution in [0.1, 0.15) is 38.5 Å². The number of benzene rings is 1. The van der Waals surface area contributed by atoms with Gasteiger partial charge in [0.2, 0.25) is 0 Å². The Balaban J connectivity index is 1.77. The SMILES string of the molecule is Nc1c(Nc2ccc(Br)cc2F)ncnc1NC1CCCCCC1. The van der Waals surface area contributed by atoms with Crippen LogP contribution in [0.4, 0.5) is 27.4 Å². The summed E-state index contributed by atoms with van der Waals surface area (Å²) in [6.07, 6.45) is 8.69. The number of rotatable bonds is 4. The zero-order chi connectivity index (χ0) is 16.9. The molecule has 128 valence electrons. The van der Waals surface area contributed by atoms with Gasteiger partial charge in [0, 0.05) is 10.5 Å². The lowest BCUT2D eigenvalue weighted by molar-refractivity contribution is 0.618. The number of nitrogens with zero attached hydrogens (tertiary/aromatic N) is 2. The predicted molar refractivity (Wildman–Crippen MR) is 98.9 cm³/mol. The Bertz CT molecular complexity index is 701. The first-order chi connectivity index (χ1) is 11.6. The fourth-order valence-corrected chi connectivity index (χ4v) is 3.28. The second-order valence-electron chi connectivity index (χ2n) is 6.07. The van der Waals surface area contributed by atoms with Gasteiger partial charge in [0.1, 0.15) is 17.8 Å². The highest BCUT2D eigenvalue weighted by Gasteiger charge is 2.16. The van der Waals surface area contributed by atoms with Crippen molar-refractivity contribution in [3.63, 3.8) is 0 Å². The van der Waals surface area contributed by atoms with Crippen LogP contribution in [0, 0.1) is 5.82 Å². The van der Waals surface area contributed by atoms with E-state index in [9.17, 15) is 4.39 Å². The van der Waals surface area contributed by atoms with E-state index in [4.69, 9.17) is 5.73 Å². The van der Waals surface area contributed by atoms with Crippen LogP contribution in [0.25, 0.3) is 0 Å². The third kappa shape index (κ3) is 4.14. The van der Waals surface area contributed by atoms with Crippen LogP contribution in [0.2, 0.25) is 0 Å². The molecule has 1 aliphatic carbocycles. The molecule has 1 heterocycles. The lowest BCUT2D eigenvalue weighted by atomic mass is 10.1. The minimum atomic E-state index is -0.374. The summed E-state index contributed by atoms with van der Waals surface area (Å²) >= 11 is 3.24. The summed E-state index contributed by atoms with van der Waals surface area (Å²) in [5.41, 5.74) is 6.92. The molecule has 7 heteroatoms. The lowest BCUT2D eigenvalue weighted by Crippen LogP contribution is -2.20. The van der Waals surface area contributed by atoms with E-state index in [1.807, 2.05) is 0 Å². The summed E-state index contributed by atoms with van der Waals surface area (Å²) in [4.78, 5) is 8.40. The fraction of sp³-hybridized carbons (Fsp3) is 0.412. The van der Waals surface area contributed by atoms with E-state index in [1.165, 1.54) is 38.1 Å². The molecular weight excluding hydrogens is 373 g/mol. The van der Waals surface area contributed by atoms with Crippen molar-refractivity contribution in [3.8, 4) is 0 Å². The Morgan fingerprint density at radius 2 is 1.79 bits per heavy atom. The van der Waals surface area contributed by atoms with E-state index >= 15 is 0 Å². The van der Waals surface area contributed by atoms with Gasteiger partial charge in [-0.1, -0.05) is 41.6 Å². The number of nitrogens with two attached hydrogens (primary N) is 1. The number of hydrogen-bond acceptors (Lipinski definition) is 5. The molecule has 0 radical (unpaired) electrons. The smallest absolute Gasteiger partial charge is 0.159 e. The van der Waals surface area contributed by atoms with Crippen molar-refractivity contribution in [2.24, 2.45) is 0 Å². The van der Waals surface area contributed by atoms with E-state index in [2.05, 4.69) is 36.5 Å². The van der Waals surface area contributed by atoms with Gasteiger partial charge in [-0.3, -0.25) is 0 Å². The number of hydrogen-bond donors (Lipinski definition) is 3. The summed E-state index contributed by atoms with van der Waals surface area (Å²) in [6, 6.07) is 5.17. The molecule has 0 amide bonds. The summed E-state index contributed by atoms with van der Waals surface area (Å²) in [6.45, 7) is 0. The summed E-state index contributed by atoms with van der Waals surface area (Å²) < 4.78 is 14.7. The van der Waals surface area contributed by atoms with Gasteiger partial charge >= 0.3 is 0 Å². The van der Waals surface area contributed by atoms with Gasteiger partial charge in [-0.15, -0.1) is 0 Å². The number of aromatic nitrogens is 2. The maximum atomic E-state index is 14.0. The molecule has 5 nitrogen and oxygen atoms in total. The average molecular weight is 394 g/mol. The van der Waals surface area contributed by atoms with Crippen molar-refractivity contribution in [1.82, 2.24) is 9.97 Å². The first-order valence-electron chi connectivity index (χ1n) is 8.22. The second-order valence-corrected chi connectivity index (χ2v) is 6.98. The normalized spacial score (nSPS) is 15.8. The van der Waals surface area contributed by atoms with E-state index < -0.39 is 0 Å². The molecule has 0 aliphatic heterocycles. The van der Waals surface area contributed by atoms with E-state index in [0.717, 1.165) is 12.8 Å². The fourth-order valence-electron chi connectivity index (χ4n) is 2.95. The zero-order valence-corrected chi connectivity index (χ0v) is 14.9. The minimum Gasteiger partial charge on any atom is -0.393 e. The number of anilines is 4. The third-order valence-electron chi connectivity index (χ3n) is 4.26. The highest BCUT2D eigenvalue weighted by atomic mass is 79.9. The molecule has 1 aromatic heterocycles. The van der Waals surface area contributed by atoms with Crippen molar-refractivity contribution in [2.75, 3.05) is 16.4 Å². The molecule has 3 rings (SSSR count). The Morgan fingerprint density at radius 3 is 2.50 bits per heavy atom. The van der Waals surface area contributed by atoms with Crippen LogP contribution in [0.5, 0.6) is 0 Å². The predicted octanol–water partition coefficient (Wildman–Crippen LogP) is 4.84. The van der Waals surface area contributed by atoms with Crippen LogP contribution in [0.15, 0.2) is 29.0 Å². The van der Waals surface area contributed by atoms with Crippen LogP contribution in [0.3, 0.4) is 0 Å². The van der Waals surface area contributed by atoms with E-state index in [0.29, 0.717) is 33.5 Å². The van der Waals surface area contributed by atoms with Gasteiger partial charge in [-0.2, -0.15) is 0 Å². The van der Waals surface area contributed by atoms with E-state index in [1.54, 1.807) is 12.1 Å². The molecule has 4 N–H and O–H groups in total. The molecule has 0 saturated heterocycles. The second kappa shape index (κ2) is 7.79. The molecule has 0 unspecified atom stereocenters. The summed E-state index contributed by atoms with van der Waals surface area (Å²) in [5.74, 6) is 0.639. The Hall–Kier alpha value is -1.89.